The number of aliphatic hydroxyl groups is 1. The number of hydrogen-bond donors (Lipinski definition) is 3. The highest BCUT2D eigenvalue weighted by atomic mass is 16.3. The van der Waals surface area contributed by atoms with Crippen LogP contribution in [0, 0.1) is 25.7 Å². The van der Waals surface area contributed by atoms with Crippen LogP contribution in [-0.2, 0) is 0 Å². The molecule has 0 radical (unpaired) electrons. The molecule has 1 aromatic rings. The molecule has 1 aliphatic carbocycles. The molecular weight excluding hydrogens is 254 g/mol. The summed E-state index contributed by atoms with van der Waals surface area (Å²) in [5, 5.41) is 12.8. The maximum Gasteiger partial charge on any atom is 0.255 e. The summed E-state index contributed by atoms with van der Waals surface area (Å²) in [5.74, 6) is 1.57. The van der Waals surface area contributed by atoms with Crippen molar-refractivity contribution in [3.8, 4) is 0 Å². The van der Waals surface area contributed by atoms with Gasteiger partial charge in [0.15, 0.2) is 0 Å². The van der Waals surface area contributed by atoms with Crippen molar-refractivity contribution in [1.29, 1.82) is 0 Å². The van der Waals surface area contributed by atoms with E-state index >= 15 is 0 Å². The van der Waals surface area contributed by atoms with Crippen molar-refractivity contribution in [2.45, 2.75) is 46.1 Å². The Bertz CT molecular complexity index is 512. The monoisotopic (exact) mass is 279 g/mol. The van der Waals surface area contributed by atoms with Gasteiger partial charge >= 0.3 is 0 Å². The molecule has 3 N–H and O–H groups in total. The second kappa shape index (κ2) is 6.50. The Morgan fingerprint density at radius 2 is 2.10 bits per heavy atom. The highest BCUT2D eigenvalue weighted by Gasteiger charge is 2.27. The summed E-state index contributed by atoms with van der Waals surface area (Å²) in [6, 6.07) is -0.0215. The third-order valence-corrected chi connectivity index (χ3v) is 4.43. The van der Waals surface area contributed by atoms with Crippen LogP contribution >= 0.6 is 0 Å². The predicted molar refractivity (Wildman–Crippen MR) is 78.7 cm³/mol. The SMILES string of the molecule is Cc1nc(C)c(C(C)NCC2CCCC2CO)c(=O)[nH]1. The fourth-order valence-corrected chi connectivity index (χ4v) is 3.30. The van der Waals surface area contributed by atoms with Crippen LogP contribution in [0.1, 0.15) is 49.3 Å². The number of aliphatic hydroxyl groups excluding tert-OH is 1. The first-order valence-electron chi connectivity index (χ1n) is 7.44. The largest absolute Gasteiger partial charge is 0.396 e. The van der Waals surface area contributed by atoms with Gasteiger partial charge in [-0.05, 0) is 52.0 Å². The topological polar surface area (TPSA) is 78.0 Å². The van der Waals surface area contributed by atoms with E-state index in [1.165, 1.54) is 6.42 Å². The molecule has 0 saturated heterocycles. The molecule has 3 unspecified atom stereocenters. The van der Waals surface area contributed by atoms with Crippen molar-refractivity contribution in [3.05, 3.63) is 27.4 Å². The van der Waals surface area contributed by atoms with E-state index in [2.05, 4.69) is 15.3 Å². The summed E-state index contributed by atoms with van der Waals surface area (Å²) in [5.41, 5.74) is 1.45. The van der Waals surface area contributed by atoms with Crippen LogP contribution in [0.5, 0.6) is 0 Å². The van der Waals surface area contributed by atoms with Crippen molar-refractivity contribution in [2.75, 3.05) is 13.2 Å². The fourth-order valence-electron chi connectivity index (χ4n) is 3.30. The third-order valence-electron chi connectivity index (χ3n) is 4.43. The van der Waals surface area contributed by atoms with Crippen LogP contribution in [0.4, 0.5) is 0 Å². The lowest BCUT2D eigenvalue weighted by Gasteiger charge is -2.21. The van der Waals surface area contributed by atoms with E-state index < -0.39 is 0 Å². The van der Waals surface area contributed by atoms with Gasteiger partial charge in [0, 0.05) is 18.3 Å². The van der Waals surface area contributed by atoms with E-state index in [-0.39, 0.29) is 18.2 Å². The van der Waals surface area contributed by atoms with Crippen LogP contribution in [0.2, 0.25) is 0 Å². The van der Waals surface area contributed by atoms with Gasteiger partial charge in [-0.15, -0.1) is 0 Å². The zero-order valence-electron chi connectivity index (χ0n) is 12.6. The average Bonchev–Trinajstić information content (AvgIpc) is 2.82. The molecule has 0 bridgehead atoms. The van der Waals surface area contributed by atoms with Gasteiger partial charge in [-0.25, -0.2) is 4.98 Å². The molecule has 112 valence electrons. The van der Waals surface area contributed by atoms with E-state index in [1.807, 2.05) is 13.8 Å². The van der Waals surface area contributed by atoms with Gasteiger partial charge < -0.3 is 15.4 Å². The molecule has 5 nitrogen and oxygen atoms in total. The minimum absolute atomic E-state index is 0.0215. The Hall–Kier alpha value is -1.20. The van der Waals surface area contributed by atoms with Crippen molar-refractivity contribution in [2.24, 2.45) is 11.8 Å². The second-order valence-electron chi connectivity index (χ2n) is 5.91. The number of rotatable bonds is 5. The van der Waals surface area contributed by atoms with Crippen molar-refractivity contribution < 1.29 is 5.11 Å². The number of aryl methyl sites for hydroxylation is 2. The molecule has 0 aliphatic heterocycles. The van der Waals surface area contributed by atoms with Crippen LogP contribution in [-0.4, -0.2) is 28.2 Å². The van der Waals surface area contributed by atoms with Gasteiger partial charge in [-0.1, -0.05) is 6.42 Å². The lowest BCUT2D eigenvalue weighted by Crippen LogP contribution is -2.32. The molecular formula is C15H25N3O2. The standard InChI is InChI=1S/C15H25N3O2/c1-9(14-10(2)17-11(3)18-15(14)20)16-7-12-5-4-6-13(12)8-19/h9,12-13,16,19H,4-8H2,1-3H3,(H,17,18,20). The van der Waals surface area contributed by atoms with E-state index in [0.29, 0.717) is 23.2 Å². The summed E-state index contributed by atoms with van der Waals surface area (Å²) in [6.07, 6.45) is 3.47. The molecule has 3 atom stereocenters. The van der Waals surface area contributed by atoms with E-state index in [9.17, 15) is 9.90 Å². The Labute approximate surface area is 119 Å². The van der Waals surface area contributed by atoms with Gasteiger partial charge in [-0.2, -0.15) is 0 Å². The molecule has 1 saturated carbocycles. The smallest absolute Gasteiger partial charge is 0.255 e. The van der Waals surface area contributed by atoms with Gasteiger partial charge in [0.1, 0.15) is 5.82 Å². The highest BCUT2D eigenvalue weighted by molar-refractivity contribution is 5.20. The summed E-state index contributed by atoms with van der Waals surface area (Å²) >= 11 is 0. The minimum Gasteiger partial charge on any atom is -0.396 e. The maximum absolute atomic E-state index is 12.0. The first-order valence-corrected chi connectivity index (χ1v) is 7.44. The zero-order valence-corrected chi connectivity index (χ0v) is 12.6. The van der Waals surface area contributed by atoms with Gasteiger partial charge in [-0.3, -0.25) is 4.79 Å². The summed E-state index contributed by atoms with van der Waals surface area (Å²) in [6.45, 7) is 6.78. The maximum atomic E-state index is 12.0. The van der Waals surface area contributed by atoms with Crippen LogP contribution in [0.3, 0.4) is 0 Å². The van der Waals surface area contributed by atoms with E-state index in [1.54, 1.807) is 6.92 Å². The number of aromatic nitrogens is 2. The molecule has 2 rings (SSSR count). The normalized spacial score (nSPS) is 24.0. The minimum atomic E-state index is -0.0554. The first-order chi connectivity index (χ1) is 9.52. The van der Waals surface area contributed by atoms with E-state index in [0.717, 1.165) is 25.1 Å². The molecule has 0 spiro atoms. The number of hydrogen-bond acceptors (Lipinski definition) is 4. The first kappa shape index (κ1) is 15.2. The number of H-pyrrole nitrogens is 1. The number of aromatic amines is 1. The van der Waals surface area contributed by atoms with Crippen molar-refractivity contribution in [3.63, 3.8) is 0 Å². The molecule has 5 heteroatoms. The third kappa shape index (κ3) is 3.27. The molecule has 1 heterocycles. The molecule has 0 amide bonds. The summed E-state index contributed by atoms with van der Waals surface area (Å²) < 4.78 is 0. The average molecular weight is 279 g/mol. The molecule has 0 aromatic carbocycles. The fraction of sp³-hybridized carbons (Fsp3) is 0.733. The molecule has 1 aromatic heterocycles. The quantitative estimate of drug-likeness (QED) is 0.762. The zero-order chi connectivity index (χ0) is 14.7. The van der Waals surface area contributed by atoms with Crippen molar-refractivity contribution in [1.82, 2.24) is 15.3 Å². The van der Waals surface area contributed by atoms with Crippen LogP contribution in [0.25, 0.3) is 0 Å². The summed E-state index contributed by atoms with van der Waals surface area (Å²) in [7, 11) is 0. The number of nitrogens with zero attached hydrogens (tertiary/aromatic N) is 1. The lowest BCUT2D eigenvalue weighted by atomic mass is 9.96. The van der Waals surface area contributed by atoms with Gasteiger partial charge in [0.25, 0.3) is 5.56 Å². The highest BCUT2D eigenvalue weighted by Crippen LogP contribution is 2.31. The Morgan fingerprint density at radius 1 is 1.40 bits per heavy atom. The lowest BCUT2D eigenvalue weighted by molar-refractivity contribution is 0.190. The molecule has 1 aliphatic rings. The van der Waals surface area contributed by atoms with Crippen molar-refractivity contribution >= 4 is 0 Å². The van der Waals surface area contributed by atoms with Gasteiger partial charge in [0.2, 0.25) is 0 Å². The predicted octanol–water partition coefficient (Wildman–Crippen LogP) is 1.45. The summed E-state index contributed by atoms with van der Waals surface area (Å²) in [4.78, 5) is 19.1. The van der Waals surface area contributed by atoms with Gasteiger partial charge in [0.05, 0.1) is 5.56 Å². The Morgan fingerprint density at radius 3 is 2.75 bits per heavy atom. The Kier molecular flexibility index (Phi) is 4.94. The molecule has 20 heavy (non-hydrogen) atoms. The van der Waals surface area contributed by atoms with Crippen LogP contribution < -0.4 is 10.9 Å². The number of nitrogens with one attached hydrogen (secondary N) is 2. The second-order valence-corrected chi connectivity index (χ2v) is 5.91. The molecule has 1 fully saturated rings. The van der Waals surface area contributed by atoms with Crippen LogP contribution in [0.15, 0.2) is 4.79 Å². The van der Waals surface area contributed by atoms with E-state index in [4.69, 9.17) is 0 Å². The Balaban J connectivity index is 2.02.